The molecule has 0 fully saturated rings. The summed E-state index contributed by atoms with van der Waals surface area (Å²) in [6.45, 7) is -0.376. The zero-order valence-corrected chi connectivity index (χ0v) is 11.6. The summed E-state index contributed by atoms with van der Waals surface area (Å²) in [4.78, 5) is 22.0. The molecule has 0 heterocycles. The first-order valence-electron chi connectivity index (χ1n) is 6.27. The molecule has 0 radical (unpaired) electrons. The molecule has 0 spiro atoms. The minimum atomic E-state index is -1.06. The van der Waals surface area contributed by atoms with Crippen LogP contribution in [0, 0.1) is 0 Å². The fourth-order valence-corrected chi connectivity index (χ4v) is 1.70. The van der Waals surface area contributed by atoms with E-state index in [-0.39, 0.29) is 12.5 Å². The minimum absolute atomic E-state index is 0.376. The number of aliphatic carboxylic acids is 1. The van der Waals surface area contributed by atoms with Gasteiger partial charge in [0.1, 0.15) is 6.54 Å². The van der Waals surface area contributed by atoms with E-state index in [9.17, 15) is 9.59 Å². The van der Waals surface area contributed by atoms with Crippen molar-refractivity contribution in [3.8, 4) is 11.1 Å². The fraction of sp³-hybridized carbons (Fsp3) is 0.125. The highest BCUT2D eigenvalue weighted by molar-refractivity contribution is 5.96. The molecule has 0 atom stereocenters. The van der Waals surface area contributed by atoms with E-state index >= 15 is 0 Å². The summed E-state index contributed by atoms with van der Waals surface area (Å²) in [6.07, 6.45) is 0. The van der Waals surface area contributed by atoms with Crippen LogP contribution in [0.2, 0.25) is 0 Å². The number of aliphatic hydroxyl groups is 1. The van der Waals surface area contributed by atoms with Crippen LogP contribution in [0.5, 0.6) is 0 Å². The molecule has 5 nitrogen and oxygen atoms in total. The molecule has 2 aromatic rings. The van der Waals surface area contributed by atoms with Gasteiger partial charge in [0.25, 0.3) is 5.91 Å². The van der Waals surface area contributed by atoms with Crippen LogP contribution in [0.3, 0.4) is 0 Å². The predicted molar refractivity (Wildman–Crippen MR) is 80.0 cm³/mol. The van der Waals surface area contributed by atoms with E-state index in [4.69, 9.17) is 10.2 Å². The van der Waals surface area contributed by atoms with E-state index < -0.39 is 5.97 Å². The number of amides is 1. The van der Waals surface area contributed by atoms with Crippen LogP contribution in [0.1, 0.15) is 10.4 Å². The number of hydrogen-bond acceptors (Lipinski definition) is 3. The number of nitrogens with one attached hydrogen (secondary N) is 1. The molecule has 5 heteroatoms. The third-order valence-electron chi connectivity index (χ3n) is 2.65. The molecule has 0 aliphatic rings. The van der Waals surface area contributed by atoms with E-state index in [0.717, 1.165) is 18.2 Å². The molecule has 3 N–H and O–H groups in total. The lowest BCUT2D eigenvalue weighted by Gasteiger charge is -2.04. The van der Waals surface area contributed by atoms with Crippen LogP contribution < -0.4 is 5.32 Å². The monoisotopic (exact) mass is 287 g/mol. The summed E-state index contributed by atoms with van der Waals surface area (Å²) in [5, 5.41) is 17.8. The van der Waals surface area contributed by atoms with Crippen LogP contribution in [0.15, 0.2) is 54.6 Å². The topological polar surface area (TPSA) is 86.6 Å². The third kappa shape index (κ3) is 5.08. The first kappa shape index (κ1) is 16.4. The molecule has 0 aliphatic heterocycles. The first-order chi connectivity index (χ1) is 10.2. The molecule has 2 aromatic carbocycles. The zero-order chi connectivity index (χ0) is 15.7. The second kappa shape index (κ2) is 8.50. The van der Waals surface area contributed by atoms with Gasteiger partial charge in [-0.25, -0.2) is 0 Å². The molecule has 21 heavy (non-hydrogen) atoms. The number of rotatable bonds is 4. The maximum atomic E-state index is 11.6. The number of benzene rings is 2. The van der Waals surface area contributed by atoms with Gasteiger partial charge in [-0.1, -0.05) is 42.5 Å². The maximum absolute atomic E-state index is 11.6. The standard InChI is InChI=1S/C15H13NO3.CH4O/c17-14(18)10-16-15(19)13-8-6-12(7-9-13)11-4-2-1-3-5-11;1-2/h1-9H,10H2,(H,16,19)(H,17,18);2H,1H3. The molecular formula is C16H17NO4. The van der Waals surface area contributed by atoms with Gasteiger partial charge >= 0.3 is 5.97 Å². The lowest BCUT2D eigenvalue weighted by Crippen LogP contribution is -2.29. The fourth-order valence-electron chi connectivity index (χ4n) is 1.70. The van der Waals surface area contributed by atoms with Gasteiger partial charge in [-0.3, -0.25) is 9.59 Å². The summed E-state index contributed by atoms with van der Waals surface area (Å²) in [6, 6.07) is 16.8. The lowest BCUT2D eigenvalue weighted by atomic mass is 10.0. The minimum Gasteiger partial charge on any atom is -0.480 e. The van der Waals surface area contributed by atoms with E-state index in [1.807, 2.05) is 42.5 Å². The van der Waals surface area contributed by atoms with Crippen molar-refractivity contribution in [1.82, 2.24) is 5.32 Å². The van der Waals surface area contributed by atoms with Gasteiger partial charge in [0.05, 0.1) is 0 Å². The van der Waals surface area contributed by atoms with Crippen molar-refractivity contribution in [3.05, 3.63) is 60.2 Å². The third-order valence-corrected chi connectivity index (χ3v) is 2.65. The second-order valence-electron chi connectivity index (χ2n) is 4.02. The average Bonchev–Trinajstić information content (AvgIpc) is 2.55. The summed E-state index contributed by atoms with van der Waals surface area (Å²) >= 11 is 0. The van der Waals surface area contributed by atoms with E-state index in [1.54, 1.807) is 12.1 Å². The molecule has 0 bridgehead atoms. The van der Waals surface area contributed by atoms with Gasteiger partial charge in [0, 0.05) is 12.7 Å². The Bertz CT molecular complexity index is 579. The number of carbonyl (C=O) groups excluding carboxylic acids is 1. The number of carboxylic acid groups (broad SMARTS) is 1. The van der Waals surface area contributed by atoms with Crippen molar-refractivity contribution in [1.29, 1.82) is 0 Å². The van der Waals surface area contributed by atoms with Crippen LogP contribution in [0.25, 0.3) is 11.1 Å². The van der Waals surface area contributed by atoms with Crippen molar-refractivity contribution in [2.24, 2.45) is 0 Å². The second-order valence-corrected chi connectivity index (χ2v) is 4.02. The Balaban J connectivity index is 0.00000106. The molecule has 0 aliphatic carbocycles. The van der Waals surface area contributed by atoms with E-state index in [2.05, 4.69) is 5.32 Å². The smallest absolute Gasteiger partial charge is 0.322 e. The van der Waals surface area contributed by atoms with Crippen LogP contribution in [-0.4, -0.2) is 35.7 Å². The quantitative estimate of drug-likeness (QED) is 0.800. The molecular weight excluding hydrogens is 270 g/mol. The summed E-state index contributed by atoms with van der Waals surface area (Å²) in [5.41, 5.74) is 2.52. The van der Waals surface area contributed by atoms with Gasteiger partial charge in [0.2, 0.25) is 0 Å². The van der Waals surface area contributed by atoms with Gasteiger partial charge in [-0.2, -0.15) is 0 Å². The summed E-state index contributed by atoms with van der Waals surface area (Å²) in [5.74, 6) is -1.45. The zero-order valence-electron chi connectivity index (χ0n) is 11.6. The average molecular weight is 287 g/mol. The van der Waals surface area contributed by atoms with Crippen LogP contribution in [0.4, 0.5) is 0 Å². The number of hydrogen-bond donors (Lipinski definition) is 3. The Kier molecular flexibility index (Phi) is 6.63. The molecule has 2 rings (SSSR count). The molecule has 110 valence electrons. The molecule has 0 saturated carbocycles. The van der Waals surface area contributed by atoms with Crippen molar-refractivity contribution < 1.29 is 19.8 Å². The Labute approximate surface area is 122 Å². The summed E-state index contributed by atoms with van der Waals surface area (Å²) in [7, 11) is 1.00. The Morgan fingerprint density at radius 2 is 1.43 bits per heavy atom. The first-order valence-corrected chi connectivity index (χ1v) is 6.27. The molecule has 0 aromatic heterocycles. The van der Waals surface area contributed by atoms with E-state index in [0.29, 0.717) is 5.56 Å². The van der Waals surface area contributed by atoms with E-state index in [1.165, 1.54) is 0 Å². The Morgan fingerprint density at radius 3 is 1.95 bits per heavy atom. The SMILES string of the molecule is CO.O=C(O)CNC(=O)c1ccc(-c2ccccc2)cc1. The largest absolute Gasteiger partial charge is 0.480 e. The van der Waals surface area contributed by atoms with Crippen LogP contribution in [-0.2, 0) is 4.79 Å². The van der Waals surface area contributed by atoms with Crippen molar-refractivity contribution in [2.75, 3.05) is 13.7 Å². The number of carbonyl (C=O) groups is 2. The Hall–Kier alpha value is -2.66. The summed E-state index contributed by atoms with van der Waals surface area (Å²) < 4.78 is 0. The van der Waals surface area contributed by atoms with Crippen molar-refractivity contribution >= 4 is 11.9 Å². The maximum Gasteiger partial charge on any atom is 0.322 e. The highest BCUT2D eigenvalue weighted by Gasteiger charge is 2.07. The van der Waals surface area contributed by atoms with Crippen LogP contribution >= 0.6 is 0 Å². The number of aliphatic hydroxyl groups excluding tert-OH is 1. The predicted octanol–water partition coefficient (Wildman–Crippen LogP) is 1.78. The highest BCUT2D eigenvalue weighted by Crippen LogP contribution is 2.19. The molecule has 0 saturated heterocycles. The molecule has 0 unspecified atom stereocenters. The van der Waals surface area contributed by atoms with Gasteiger partial charge in [-0.15, -0.1) is 0 Å². The lowest BCUT2D eigenvalue weighted by molar-refractivity contribution is -0.135. The molecule has 1 amide bonds. The normalized spacial score (nSPS) is 9.24. The van der Waals surface area contributed by atoms with Gasteiger partial charge in [-0.05, 0) is 23.3 Å². The number of carboxylic acids is 1. The van der Waals surface area contributed by atoms with Crippen molar-refractivity contribution in [2.45, 2.75) is 0 Å². The Morgan fingerprint density at radius 1 is 0.905 bits per heavy atom. The van der Waals surface area contributed by atoms with Crippen molar-refractivity contribution in [3.63, 3.8) is 0 Å². The highest BCUT2D eigenvalue weighted by atomic mass is 16.4. The van der Waals surface area contributed by atoms with Gasteiger partial charge < -0.3 is 15.5 Å². The van der Waals surface area contributed by atoms with Gasteiger partial charge in [0.15, 0.2) is 0 Å².